The van der Waals surface area contributed by atoms with Gasteiger partial charge in [0.05, 0.1) is 0 Å². The SMILES string of the molecule is CC(=O)N(CC(=O)O)C1CCCN(C(=O)CC(C)C)CC1. The molecule has 21 heavy (non-hydrogen) atoms. The van der Waals surface area contributed by atoms with E-state index in [1.165, 1.54) is 11.8 Å². The third-order valence-electron chi connectivity index (χ3n) is 3.78. The summed E-state index contributed by atoms with van der Waals surface area (Å²) < 4.78 is 0. The lowest BCUT2D eigenvalue weighted by Crippen LogP contribution is -2.43. The Bertz CT molecular complexity index is 395. The molecule has 2 amide bonds. The molecule has 1 heterocycles. The van der Waals surface area contributed by atoms with Gasteiger partial charge in [-0.1, -0.05) is 13.8 Å². The standard InChI is InChI=1S/C15H26N2O4/c1-11(2)9-14(19)16-7-4-5-13(6-8-16)17(12(3)18)10-15(20)21/h11,13H,4-10H2,1-3H3,(H,20,21). The van der Waals surface area contributed by atoms with Crippen LogP contribution >= 0.6 is 0 Å². The number of likely N-dealkylation sites (tertiary alicyclic amines) is 1. The summed E-state index contributed by atoms with van der Waals surface area (Å²) >= 11 is 0. The average Bonchev–Trinajstić information content (AvgIpc) is 2.60. The lowest BCUT2D eigenvalue weighted by Gasteiger charge is -2.29. The van der Waals surface area contributed by atoms with Crippen molar-refractivity contribution in [2.45, 2.75) is 52.5 Å². The van der Waals surface area contributed by atoms with Crippen molar-refractivity contribution in [2.24, 2.45) is 5.92 Å². The number of hydrogen-bond acceptors (Lipinski definition) is 3. The lowest BCUT2D eigenvalue weighted by molar-refractivity contribution is -0.145. The topological polar surface area (TPSA) is 77.9 Å². The van der Waals surface area contributed by atoms with Gasteiger partial charge in [0.1, 0.15) is 6.54 Å². The van der Waals surface area contributed by atoms with Gasteiger partial charge in [-0.3, -0.25) is 14.4 Å². The smallest absolute Gasteiger partial charge is 0.323 e. The minimum atomic E-state index is -0.998. The molecule has 6 heteroatoms. The van der Waals surface area contributed by atoms with Gasteiger partial charge in [-0.2, -0.15) is 0 Å². The van der Waals surface area contributed by atoms with Gasteiger partial charge in [0.2, 0.25) is 11.8 Å². The van der Waals surface area contributed by atoms with Gasteiger partial charge in [-0.25, -0.2) is 0 Å². The molecule has 1 rings (SSSR count). The summed E-state index contributed by atoms with van der Waals surface area (Å²) in [7, 11) is 0. The van der Waals surface area contributed by atoms with Crippen LogP contribution in [-0.2, 0) is 14.4 Å². The van der Waals surface area contributed by atoms with E-state index in [1.807, 2.05) is 18.7 Å². The molecule has 1 N–H and O–H groups in total. The molecule has 1 aliphatic heterocycles. The highest BCUT2D eigenvalue weighted by Crippen LogP contribution is 2.18. The van der Waals surface area contributed by atoms with Crippen molar-refractivity contribution < 1.29 is 19.5 Å². The fraction of sp³-hybridized carbons (Fsp3) is 0.800. The molecule has 120 valence electrons. The van der Waals surface area contributed by atoms with Crippen LogP contribution in [0.25, 0.3) is 0 Å². The fourth-order valence-electron chi connectivity index (χ4n) is 2.76. The van der Waals surface area contributed by atoms with Crippen LogP contribution in [0.1, 0.15) is 46.5 Å². The summed E-state index contributed by atoms with van der Waals surface area (Å²) in [4.78, 5) is 37.9. The van der Waals surface area contributed by atoms with E-state index >= 15 is 0 Å². The van der Waals surface area contributed by atoms with Crippen molar-refractivity contribution in [3.05, 3.63) is 0 Å². The van der Waals surface area contributed by atoms with E-state index in [0.717, 1.165) is 12.8 Å². The van der Waals surface area contributed by atoms with Crippen molar-refractivity contribution in [1.29, 1.82) is 0 Å². The largest absolute Gasteiger partial charge is 0.480 e. The van der Waals surface area contributed by atoms with Crippen LogP contribution in [0.4, 0.5) is 0 Å². The Morgan fingerprint density at radius 2 is 1.90 bits per heavy atom. The molecule has 6 nitrogen and oxygen atoms in total. The normalized spacial score (nSPS) is 19.2. The second kappa shape index (κ2) is 8.00. The number of carbonyl (C=O) groups is 3. The predicted molar refractivity (Wildman–Crippen MR) is 78.7 cm³/mol. The van der Waals surface area contributed by atoms with Gasteiger partial charge in [0.25, 0.3) is 0 Å². The van der Waals surface area contributed by atoms with Crippen molar-refractivity contribution >= 4 is 17.8 Å². The van der Waals surface area contributed by atoms with Gasteiger partial charge >= 0.3 is 5.97 Å². The molecule has 0 radical (unpaired) electrons. The molecular weight excluding hydrogens is 272 g/mol. The van der Waals surface area contributed by atoms with E-state index < -0.39 is 5.97 Å². The first-order valence-electron chi connectivity index (χ1n) is 7.58. The molecule has 1 saturated heterocycles. The van der Waals surface area contributed by atoms with Crippen LogP contribution in [0, 0.1) is 5.92 Å². The van der Waals surface area contributed by atoms with Crippen LogP contribution in [0.15, 0.2) is 0 Å². The summed E-state index contributed by atoms with van der Waals surface area (Å²) in [6.45, 7) is 6.46. The van der Waals surface area contributed by atoms with Gasteiger partial charge < -0.3 is 14.9 Å². The second-order valence-electron chi connectivity index (χ2n) is 6.10. The molecular formula is C15H26N2O4. The molecule has 1 unspecified atom stereocenters. The van der Waals surface area contributed by atoms with Gasteiger partial charge in [0.15, 0.2) is 0 Å². The summed E-state index contributed by atoms with van der Waals surface area (Å²) in [6, 6.07) is -0.0875. The van der Waals surface area contributed by atoms with Gasteiger partial charge in [0, 0.05) is 32.5 Å². The molecule has 1 fully saturated rings. The third-order valence-corrected chi connectivity index (χ3v) is 3.78. The molecule has 0 bridgehead atoms. The van der Waals surface area contributed by atoms with Crippen LogP contribution in [-0.4, -0.2) is 58.4 Å². The van der Waals surface area contributed by atoms with Gasteiger partial charge in [-0.05, 0) is 25.2 Å². The van der Waals surface area contributed by atoms with Crippen LogP contribution in [0.5, 0.6) is 0 Å². The first-order chi connectivity index (χ1) is 9.81. The summed E-state index contributed by atoms with van der Waals surface area (Å²) in [5.41, 5.74) is 0. The second-order valence-corrected chi connectivity index (χ2v) is 6.10. The molecule has 0 saturated carbocycles. The molecule has 0 aromatic carbocycles. The summed E-state index contributed by atoms with van der Waals surface area (Å²) in [5, 5.41) is 8.91. The van der Waals surface area contributed by atoms with E-state index in [4.69, 9.17) is 5.11 Å². The zero-order valence-corrected chi connectivity index (χ0v) is 13.2. The van der Waals surface area contributed by atoms with Crippen molar-refractivity contribution in [1.82, 2.24) is 9.80 Å². The zero-order chi connectivity index (χ0) is 16.0. The van der Waals surface area contributed by atoms with Crippen molar-refractivity contribution in [2.75, 3.05) is 19.6 Å². The quantitative estimate of drug-likeness (QED) is 0.831. The van der Waals surface area contributed by atoms with E-state index in [9.17, 15) is 14.4 Å². The first kappa shape index (κ1) is 17.5. The Hall–Kier alpha value is -1.59. The number of hydrogen-bond donors (Lipinski definition) is 1. The monoisotopic (exact) mass is 298 g/mol. The highest BCUT2D eigenvalue weighted by molar-refractivity contribution is 5.80. The first-order valence-corrected chi connectivity index (χ1v) is 7.58. The number of nitrogens with zero attached hydrogens (tertiary/aromatic N) is 2. The highest BCUT2D eigenvalue weighted by atomic mass is 16.4. The average molecular weight is 298 g/mol. The Morgan fingerprint density at radius 1 is 1.24 bits per heavy atom. The maximum atomic E-state index is 12.1. The Kier molecular flexibility index (Phi) is 6.65. The summed E-state index contributed by atoms with van der Waals surface area (Å²) in [6.07, 6.45) is 2.74. The molecule has 0 aromatic heterocycles. The minimum absolute atomic E-state index is 0.0875. The zero-order valence-electron chi connectivity index (χ0n) is 13.2. The van der Waals surface area contributed by atoms with Crippen LogP contribution in [0.2, 0.25) is 0 Å². The minimum Gasteiger partial charge on any atom is -0.480 e. The Morgan fingerprint density at radius 3 is 2.43 bits per heavy atom. The lowest BCUT2D eigenvalue weighted by atomic mass is 10.1. The third kappa shape index (κ3) is 5.73. The van der Waals surface area contributed by atoms with Crippen LogP contribution in [0.3, 0.4) is 0 Å². The molecule has 1 aliphatic rings. The number of carboxylic acid groups (broad SMARTS) is 1. The van der Waals surface area contributed by atoms with Crippen LogP contribution < -0.4 is 0 Å². The van der Waals surface area contributed by atoms with E-state index in [-0.39, 0.29) is 24.4 Å². The predicted octanol–water partition coefficient (Wildman–Crippen LogP) is 1.35. The molecule has 1 atom stereocenters. The molecule has 0 spiro atoms. The van der Waals surface area contributed by atoms with Crippen molar-refractivity contribution in [3.63, 3.8) is 0 Å². The van der Waals surface area contributed by atoms with E-state index in [1.54, 1.807) is 0 Å². The molecule has 0 aliphatic carbocycles. The fourth-order valence-corrected chi connectivity index (χ4v) is 2.76. The number of rotatable bonds is 5. The van der Waals surface area contributed by atoms with E-state index in [2.05, 4.69) is 0 Å². The molecule has 0 aromatic rings. The van der Waals surface area contributed by atoms with Gasteiger partial charge in [-0.15, -0.1) is 0 Å². The Balaban J connectivity index is 2.63. The highest BCUT2D eigenvalue weighted by Gasteiger charge is 2.27. The summed E-state index contributed by atoms with van der Waals surface area (Å²) in [5.74, 6) is -0.734. The number of amides is 2. The van der Waals surface area contributed by atoms with E-state index in [0.29, 0.717) is 31.8 Å². The number of carboxylic acids is 1. The Labute approximate surface area is 126 Å². The maximum Gasteiger partial charge on any atom is 0.323 e. The maximum absolute atomic E-state index is 12.1. The van der Waals surface area contributed by atoms with Crippen molar-refractivity contribution in [3.8, 4) is 0 Å². The number of aliphatic carboxylic acids is 1. The number of carbonyl (C=O) groups excluding carboxylic acids is 2.